The van der Waals surface area contributed by atoms with Crippen molar-refractivity contribution >= 4 is 5.97 Å². The average Bonchev–Trinajstić information content (AvgIpc) is 2.39. The van der Waals surface area contributed by atoms with Crippen molar-refractivity contribution in [1.29, 1.82) is 0 Å². The van der Waals surface area contributed by atoms with Gasteiger partial charge in [-0.05, 0) is 37.4 Å². The number of methoxy groups -OCH3 is 1. The number of carboxylic acid groups (broad SMARTS) is 1. The minimum Gasteiger partial charge on any atom is -0.481 e. The number of piperidine rings is 1. The van der Waals surface area contributed by atoms with Crippen LogP contribution >= 0.6 is 0 Å². The lowest BCUT2D eigenvalue weighted by Crippen LogP contribution is -2.45. The van der Waals surface area contributed by atoms with E-state index in [9.17, 15) is 9.90 Å². The topological polar surface area (TPSA) is 49.8 Å². The van der Waals surface area contributed by atoms with Gasteiger partial charge in [0.25, 0.3) is 0 Å². The van der Waals surface area contributed by atoms with Crippen LogP contribution < -0.4 is 0 Å². The molecule has 0 aliphatic carbocycles. The molecule has 0 bridgehead atoms. The van der Waals surface area contributed by atoms with Gasteiger partial charge in [-0.1, -0.05) is 24.3 Å². The van der Waals surface area contributed by atoms with Gasteiger partial charge in [0.05, 0.1) is 12.0 Å². The summed E-state index contributed by atoms with van der Waals surface area (Å²) in [6.45, 7) is 4.86. The first kappa shape index (κ1) is 15.0. The summed E-state index contributed by atoms with van der Waals surface area (Å²) in [7, 11) is 1.69. The molecule has 1 aliphatic heterocycles. The number of hydrogen-bond donors (Lipinski definition) is 1. The van der Waals surface area contributed by atoms with E-state index in [2.05, 4.69) is 17.0 Å². The molecular weight excluding hydrogens is 254 g/mol. The third kappa shape index (κ3) is 3.58. The Bertz CT molecular complexity index is 475. The molecule has 0 radical (unpaired) electrons. The van der Waals surface area contributed by atoms with Crippen LogP contribution in [0.1, 0.15) is 30.9 Å². The van der Waals surface area contributed by atoms with Gasteiger partial charge in [0.2, 0.25) is 0 Å². The number of rotatable bonds is 5. The Morgan fingerprint density at radius 1 is 1.45 bits per heavy atom. The van der Waals surface area contributed by atoms with E-state index in [-0.39, 0.29) is 0 Å². The van der Waals surface area contributed by atoms with E-state index >= 15 is 0 Å². The molecule has 20 heavy (non-hydrogen) atoms. The average molecular weight is 277 g/mol. The number of ether oxygens (including phenoxy) is 1. The van der Waals surface area contributed by atoms with Crippen molar-refractivity contribution in [3.8, 4) is 0 Å². The lowest BCUT2D eigenvalue weighted by Gasteiger charge is -2.37. The van der Waals surface area contributed by atoms with Crippen LogP contribution in [0.2, 0.25) is 0 Å². The summed E-state index contributed by atoms with van der Waals surface area (Å²) in [5.41, 5.74) is 1.76. The number of nitrogens with zero attached hydrogens (tertiary/aromatic N) is 1. The largest absolute Gasteiger partial charge is 0.481 e. The zero-order valence-corrected chi connectivity index (χ0v) is 12.3. The van der Waals surface area contributed by atoms with Crippen molar-refractivity contribution in [2.75, 3.05) is 20.2 Å². The molecule has 1 atom stereocenters. The third-order valence-corrected chi connectivity index (χ3v) is 4.00. The van der Waals surface area contributed by atoms with Gasteiger partial charge in [-0.3, -0.25) is 9.69 Å². The molecule has 1 aromatic carbocycles. The summed E-state index contributed by atoms with van der Waals surface area (Å²) in [5.74, 6) is -0.685. The van der Waals surface area contributed by atoms with E-state index in [0.29, 0.717) is 13.2 Å². The lowest BCUT2D eigenvalue weighted by atomic mass is 9.82. The van der Waals surface area contributed by atoms with E-state index in [0.717, 1.165) is 31.5 Å². The van der Waals surface area contributed by atoms with E-state index in [1.165, 1.54) is 5.56 Å². The number of benzene rings is 1. The molecule has 1 N–H and O–H groups in total. The van der Waals surface area contributed by atoms with Crippen LogP contribution in [0.15, 0.2) is 24.3 Å². The second kappa shape index (κ2) is 6.37. The zero-order valence-electron chi connectivity index (χ0n) is 12.3. The number of carboxylic acids is 1. The SMILES string of the molecule is COCc1cccc(CN2CCCC(C)(C(=O)O)C2)c1. The van der Waals surface area contributed by atoms with Gasteiger partial charge in [0, 0.05) is 20.2 Å². The van der Waals surface area contributed by atoms with Crippen molar-refractivity contribution in [2.24, 2.45) is 5.41 Å². The smallest absolute Gasteiger partial charge is 0.310 e. The molecule has 4 nitrogen and oxygen atoms in total. The van der Waals surface area contributed by atoms with Crippen molar-refractivity contribution in [3.05, 3.63) is 35.4 Å². The highest BCUT2D eigenvalue weighted by atomic mass is 16.5. The molecule has 0 spiro atoms. The first-order valence-corrected chi connectivity index (χ1v) is 7.06. The molecule has 4 heteroatoms. The third-order valence-electron chi connectivity index (χ3n) is 4.00. The molecular formula is C16H23NO3. The molecule has 1 saturated heterocycles. The second-order valence-corrected chi connectivity index (χ2v) is 5.93. The maximum atomic E-state index is 11.4. The minimum absolute atomic E-state index is 0.609. The minimum atomic E-state index is -0.685. The number of aliphatic carboxylic acids is 1. The van der Waals surface area contributed by atoms with E-state index in [4.69, 9.17) is 4.74 Å². The Morgan fingerprint density at radius 3 is 2.90 bits per heavy atom. The number of carbonyl (C=O) groups is 1. The summed E-state index contributed by atoms with van der Waals surface area (Å²) >= 11 is 0. The van der Waals surface area contributed by atoms with Crippen LogP contribution in [0.25, 0.3) is 0 Å². The Hall–Kier alpha value is -1.39. The van der Waals surface area contributed by atoms with E-state index < -0.39 is 11.4 Å². The standard InChI is InChI=1S/C16H23NO3/c1-16(15(18)19)7-4-8-17(12-16)10-13-5-3-6-14(9-13)11-20-2/h3,5-6,9H,4,7-8,10-12H2,1-2H3,(H,18,19). The second-order valence-electron chi connectivity index (χ2n) is 5.93. The van der Waals surface area contributed by atoms with Crippen molar-refractivity contribution in [2.45, 2.75) is 32.9 Å². The van der Waals surface area contributed by atoms with Crippen molar-refractivity contribution < 1.29 is 14.6 Å². The molecule has 1 unspecified atom stereocenters. The molecule has 1 heterocycles. The Kier molecular flexibility index (Phi) is 4.78. The maximum Gasteiger partial charge on any atom is 0.310 e. The van der Waals surface area contributed by atoms with Crippen LogP contribution in [0.4, 0.5) is 0 Å². The van der Waals surface area contributed by atoms with Gasteiger partial charge in [-0.15, -0.1) is 0 Å². The first-order chi connectivity index (χ1) is 9.53. The Labute approximate surface area is 120 Å². The summed E-state index contributed by atoms with van der Waals surface area (Å²) in [6, 6.07) is 8.30. The fourth-order valence-corrected chi connectivity index (χ4v) is 2.90. The van der Waals surface area contributed by atoms with Crippen LogP contribution in [0.5, 0.6) is 0 Å². The number of likely N-dealkylation sites (tertiary alicyclic amines) is 1. The fourth-order valence-electron chi connectivity index (χ4n) is 2.90. The van der Waals surface area contributed by atoms with Crippen LogP contribution in [0, 0.1) is 5.41 Å². The number of hydrogen-bond acceptors (Lipinski definition) is 3. The highest BCUT2D eigenvalue weighted by Crippen LogP contribution is 2.30. The van der Waals surface area contributed by atoms with Crippen LogP contribution in [0.3, 0.4) is 0 Å². The Balaban J connectivity index is 2.02. The predicted molar refractivity (Wildman–Crippen MR) is 77.4 cm³/mol. The molecule has 0 amide bonds. The molecule has 1 aromatic rings. The summed E-state index contributed by atoms with van der Waals surface area (Å²) in [4.78, 5) is 13.6. The van der Waals surface area contributed by atoms with E-state index in [1.54, 1.807) is 7.11 Å². The van der Waals surface area contributed by atoms with Crippen LogP contribution in [-0.4, -0.2) is 36.2 Å². The maximum absolute atomic E-state index is 11.4. The molecule has 0 aromatic heterocycles. The van der Waals surface area contributed by atoms with Gasteiger partial charge < -0.3 is 9.84 Å². The zero-order chi connectivity index (χ0) is 14.6. The highest BCUT2D eigenvalue weighted by molar-refractivity contribution is 5.74. The van der Waals surface area contributed by atoms with Gasteiger partial charge in [0.1, 0.15) is 0 Å². The van der Waals surface area contributed by atoms with E-state index in [1.807, 2.05) is 19.1 Å². The van der Waals surface area contributed by atoms with Crippen LogP contribution in [-0.2, 0) is 22.7 Å². The molecule has 2 rings (SSSR count). The van der Waals surface area contributed by atoms with Gasteiger partial charge in [-0.2, -0.15) is 0 Å². The predicted octanol–water partition coefficient (Wildman–Crippen LogP) is 2.52. The van der Waals surface area contributed by atoms with Gasteiger partial charge in [0.15, 0.2) is 0 Å². The molecule has 1 aliphatic rings. The van der Waals surface area contributed by atoms with Crippen molar-refractivity contribution in [3.63, 3.8) is 0 Å². The highest BCUT2D eigenvalue weighted by Gasteiger charge is 2.37. The Morgan fingerprint density at radius 2 is 2.20 bits per heavy atom. The summed E-state index contributed by atoms with van der Waals surface area (Å²) in [6.07, 6.45) is 1.71. The molecule has 0 saturated carbocycles. The van der Waals surface area contributed by atoms with Gasteiger partial charge in [-0.25, -0.2) is 0 Å². The van der Waals surface area contributed by atoms with Gasteiger partial charge >= 0.3 is 5.97 Å². The quantitative estimate of drug-likeness (QED) is 0.898. The molecule has 110 valence electrons. The molecule has 1 fully saturated rings. The lowest BCUT2D eigenvalue weighted by molar-refractivity contribution is -0.151. The summed E-state index contributed by atoms with van der Waals surface area (Å²) in [5, 5.41) is 9.35. The fraction of sp³-hybridized carbons (Fsp3) is 0.562. The first-order valence-electron chi connectivity index (χ1n) is 7.06. The monoisotopic (exact) mass is 277 g/mol. The normalized spacial score (nSPS) is 23.7. The van der Waals surface area contributed by atoms with Crippen molar-refractivity contribution in [1.82, 2.24) is 4.90 Å². The summed E-state index contributed by atoms with van der Waals surface area (Å²) < 4.78 is 5.15.